The van der Waals surface area contributed by atoms with Crippen LogP contribution < -0.4 is 5.32 Å². The van der Waals surface area contributed by atoms with Crippen molar-refractivity contribution in [2.75, 3.05) is 19.6 Å². The molecule has 0 amide bonds. The fourth-order valence-electron chi connectivity index (χ4n) is 4.32. The first-order chi connectivity index (χ1) is 11.2. The van der Waals surface area contributed by atoms with Crippen LogP contribution in [0.4, 0.5) is 0 Å². The number of aryl methyl sites for hydroxylation is 2. The Morgan fingerprint density at radius 1 is 0.957 bits per heavy atom. The highest BCUT2D eigenvalue weighted by Crippen LogP contribution is 2.46. The number of H-pyrrole nitrogens is 2. The van der Waals surface area contributed by atoms with E-state index in [1.54, 1.807) is 0 Å². The summed E-state index contributed by atoms with van der Waals surface area (Å²) in [4.78, 5) is 2.55. The lowest BCUT2D eigenvalue weighted by atomic mass is 9.83. The Hall–Kier alpha value is -1.80. The third kappa shape index (κ3) is 2.20. The Morgan fingerprint density at radius 3 is 2.35 bits per heavy atom. The summed E-state index contributed by atoms with van der Waals surface area (Å²) >= 11 is 0. The van der Waals surface area contributed by atoms with Crippen molar-refractivity contribution >= 4 is 0 Å². The Balaban J connectivity index is 1.84. The summed E-state index contributed by atoms with van der Waals surface area (Å²) in [5.41, 5.74) is 3.64. The third-order valence-corrected chi connectivity index (χ3v) is 5.36. The van der Waals surface area contributed by atoms with Crippen molar-refractivity contribution in [3.8, 4) is 0 Å². The second-order valence-electron chi connectivity index (χ2n) is 6.63. The third-order valence-electron chi connectivity index (χ3n) is 5.36. The van der Waals surface area contributed by atoms with Crippen LogP contribution in [0, 0.1) is 13.8 Å². The summed E-state index contributed by atoms with van der Waals surface area (Å²) in [6.45, 7) is 7.14. The van der Waals surface area contributed by atoms with Gasteiger partial charge in [-0.05, 0) is 39.7 Å². The van der Waals surface area contributed by atoms with Gasteiger partial charge in [-0.15, -0.1) is 0 Å². The molecule has 23 heavy (non-hydrogen) atoms. The SMILES string of the molecule is Cc1n[nH]nc1C1CCNC1(c1n[nH]nc1C)N1CCCCC1. The van der Waals surface area contributed by atoms with E-state index in [4.69, 9.17) is 0 Å². The first-order valence-electron chi connectivity index (χ1n) is 8.48. The van der Waals surface area contributed by atoms with Gasteiger partial charge in [-0.2, -0.15) is 30.8 Å². The molecule has 0 bridgehead atoms. The predicted octanol–water partition coefficient (Wildman–Crippen LogP) is 0.955. The van der Waals surface area contributed by atoms with Gasteiger partial charge in [0.25, 0.3) is 0 Å². The van der Waals surface area contributed by atoms with Gasteiger partial charge in [0.05, 0.1) is 17.1 Å². The van der Waals surface area contributed by atoms with Gasteiger partial charge in [0.1, 0.15) is 11.4 Å². The molecule has 2 aliphatic rings. The number of nitrogens with zero attached hydrogens (tertiary/aromatic N) is 5. The van der Waals surface area contributed by atoms with Gasteiger partial charge in [0, 0.05) is 19.0 Å². The van der Waals surface area contributed by atoms with Crippen LogP contribution in [0.1, 0.15) is 54.4 Å². The zero-order valence-electron chi connectivity index (χ0n) is 13.8. The number of hydrogen-bond donors (Lipinski definition) is 3. The Labute approximate surface area is 135 Å². The van der Waals surface area contributed by atoms with Gasteiger partial charge in [-0.1, -0.05) is 6.42 Å². The van der Waals surface area contributed by atoms with Gasteiger partial charge < -0.3 is 0 Å². The lowest BCUT2D eigenvalue weighted by molar-refractivity contribution is 0.0295. The maximum Gasteiger partial charge on any atom is 0.127 e. The minimum Gasteiger partial charge on any atom is -0.293 e. The summed E-state index contributed by atoms with van der Waals surface area (Å²) in [7, 11) is 0. The quantitative estimate of drug-likeness (QED) is 0.780. The van der Waals surface area contributed by atoms with Gasteiger partial charge in [0.15, 0.2) is 0 Å². The summed E-state index contributed by atoms with van der Waals surface area (Å²) in [6.07, 6.45) is 4.78. The van der Waals surface area contributed by atoms with Crippen molar-refractivity contribution in [2.45, 2.75) is 51.1 Å². The number of piperidine rings is 1. The summed E-state index contributed by atoms with van der Waals surface area (Å²) in [6, 6.07) is 0. The molecule has 0 aromatic carbocycles. The van der Waals surface area contributed by atoms with Gasteiger partial charge in [-0.3, -0.25) is 10.2 Å². The molecule has 2 aliphatic heterocycles. The van der Waals surface area contributed by atoms with Crippen molar-refractivity contribution in [2.24, 2.45) is 0 Å². The fourth-order valence-corrected chi connectivity index (χ4v) is 4.32. The monoisotopic (exact) mass is 316 g/mol. The van der Waals surface area contributed by atoms with E-state index in [0.29, 0.717) is 0 Å². The highest BCUT2D eigenvalue weighted by molar-refractivity contribution is 5.30. The van der Waals surface area contributed by atoms with E-state index in [0.717, 1.165) is 48.8 Å². The molecule has 0 radical (unpaired) electrons. The minimum absolute atomic E-state index is 0.225. The Morgan fingerprint density at radius 2 is 1.70 bits per heavy atom. The molecule has 2 unspecified atom stereocenters. The average Bonchev–Trinajstić information content (AvgIpc) is 3.28. The molecule has 0 aliphatic carbocycles. The molecule has 4 heterocycles. The van der Waals surface area contributed by atoms with Crippen molar-refractivity contribution in [3.05, 3.63) is 22.8 Å². The van der Waals surface area contributed by atoms with Crippen molar-refractivity contribution in [3.63, 3.8) is 0 Å². The zero-order valence-corrected chi connectivity index (χ0v) is 13.8. The molecule has 2 aromatic heterocycles. The number of rotatable bonds is 3. The topological polar surface area (TPSA) is 98.4 Å². The lowest BCUT2D eigenvalue weighted by Gasteiger charge is -2.45. The summed E-state index contributed by atoms with van der Waals surface area (Å²) in [5.74, 6) is 0.225. The van der Waals surface area contributed by atoms with Crippen LogP contribution in [0.5, 0.6) is 0 Å². The largest absolute Gasteiger partial charge is 0.293 e. The Kier molecular flexibility index (Phi) is 3.65. The van der Waals surface area contributed by atoms with Crippen LogP contribution in [-0.4, -0.2) is 55.4 Å². The lowest BCUT2D eigenvalue weighted by Crippen LogP contribution is -2.58. The van der Waals surface area contributed by atoms with E-state index in [-0.39, 0.29) is 11.6 Å². The standard InChI is InChI=1S/C15H24N8/c1-10-13(19-21-17-10)12-6-7-16-15(12,14-11(2)18-22-20-14)23-8-4-3-5-9-23/h12,16H,3-9H2,1-2H3,(H,17,19,21)(H,18,20,22). The van der Waals surface area contributed by atoms with E-state index in [1.165, 1.54) is 19.3 Å². The molecule has 8 nitrogen and oxygen atoms in total. The Bertz CT molecular complexity index is 671. The van der Waals surface area contributed by atoms with Crippen LogP contribution in [0.25, 0.3) is 0 Å². The molecule has 2 aromatic rings. The first kappa shape index (κ1) is 14.8. The second kappa shape index (κ2) is 5.68. The normalized spacial score (nSPS) is 29.2. The number of hydrogen-bond acceptors (Lipinski definition) is 6. The molecule has 2 saturated heterocycles. The first-order valence-corrected chi connectivity index (χ1v) is 8.48. The molecule has 4 rings (SSSR count). The smallest absolute Gasteiger partial charge is 0.127 e. The average molecular weight is 316 g/mol. The molecule has 0 saturated carbocycles. The molecule has 8 heteroatoms. The molecular weight excluding hydrogens is 292 g/mol. The molecular formula is C15H24N8. The van der Waals surface area contributed by atoms with Crippen LogP contribution in [0.2, 0.25) is 0 Å². The minimum atomic E-state index is -0.334. The number of aromatic nitrogens is 6. The van der Waals surface area contributed by atoms with Gasteiger partial charge in [0.2, 0.25) is 0 Å². The number of aromatic amines is 2. The molecule has 3 N–H and O–H groups in total. The number of nitrogens with one attached hydrogen (secondary N) is 3. The van der Waals surface area contributed by atoms with E-state index in [1.807, 2.05) is 13.8 Å². The van der Waals surface area contributed by atoms with Crippen molar-refractivity contribution in [1.82, 2.24) is 41.0 Å². The maximum atomic E-state index is 4.54. The highest BCUT2D eigenvalue weighted by atomic mass is 15.4. The molecule has 0 spiro atoms. The van der Waals surface area contributed by atoms with Crippen LogP contribution in [-0.2, 0) is 5.66 Å². The van der Waals surface area contributed by atoms with E-state index < -0.39 is 0 Å². The van der Waals surface area contributed by atoms with Crippen molar-refractivity contribution < 1.29 is 0 Å². The summed E-state index contributed by atoms with van der Waals surface area (Å²) < 4.78 is 0. The van der Waals surface area contributed by atoms with E-state index >= 15 is 0 Å². The highest BCUT2D eigenvalue weighted by Gasteiger charge is 2.53. The van der Waals surface area contributed by atoms with E-state index in [9.17, 15) is 0 Å². The van der Waals surface area contributed by atoms with Crippen LogP contribution in [0.15, 0.2) is 0 Å². The van der Waals surface area contributed by atoms with Crippen LogP contribution >= 0.6 is 0 Å². The number of likely N-dealkylation sites (tertiary alicyclic amines) is 1. The van der Waals surface area contributed by atoms with Crippen LogP contribution in [0.3, 0.4) is 0 Å². The van der Waals surface area contributed by atoms with Gasteiger partial charge in [-0.25, -0.2) is 0 Å². The molecule has 124 valence electrons. The second-order valence-corrected chi connectivity index (χ2v) is 6.63. The van der Waals surface area contributed by atoms with Crippen molar-refractivity contribution in [1.29, 1.82) is 0 Å². The predicted molar refractivity (Wildman–Crippen MR) is 84.7 cm³/mol. The summed E-state index contributed by atoms with van der Waals surface area (Å²) in [5, 5.41) is 26.9. The fraction of sp³-hybridized carbons (Fsp3) is 0.733. The molecule has 2 fully saturated rings. The van der Waals surface area contributed by atoms with E-state index in [2.05, 4.69) is 41.0 Å². The van der Waals surface area contributed by atoms with Gasteiger partial charge >= 0.3 is 0 Å². The zero-order chi connectivity index (χ0) is 15.9. The molecule has 2 atom stereocenters. The maximum absolute atomic E-state index is 4.54.